The molecule has 10 heavy (non-hydrogen) atoms. The molecule has 1 atom stereocenters. The van der Waals surface area contributed by atoms with Gasteiger partial charge in [0, 0.05) is 14.1 Å². The number of guanidine groups is 1. The number of hydrazone groups is 1. The zero-order chi connectivity index (χ0) is 7.56. The standard InChI is InChI=1S/C5H10N4O/c1-6-5-8-7-4(3-10)9(5)2/h3-4,7H,1-2H3,(H,6,8). The predicted octanol–water partition coefficient (Wildman–Crippen LogP) is -1.46. The molecule has 5 heteroatoms. The number of hydrogen-bond acceptors (Lipinski definition) is 5. The number of carbonyl (C=O) groups excluding carboxylic acids is 1. The number of hydrogen-bond donors (Lipinski definition) is 2. The van der Waals surface area contributed by atoms with E-state index in [9.17, 15) is 4.79 Å². The lowest BCUT2D eigenvalue weighted by Gasteiger charge is -2.16. The van der Waals surface area contributed by atoms with Gasteiger partial charge in [-0.05, 0) is 0 Å². The number of rotatable bonds is 1. The van der Waals surface area contributed by atoms with Crippen LogP contribution in [0.2, 0.25) is 0 Å². The van der Waals surface area contributed by atoms with Crippen molar-refractivity contribution in [2.24, 2.45) is 5.10 Å². The molecule has 1 rings (SSSR count). The smallest absolute Gasteiger partial charge is 0.217 e. The fourth-order valence-corrected chi connectivity index (χ4v) is 0.778. The molecule has 2 N–H and O–H groups in total. The van der Waals surface area contributed by atoms with Gasteiger partial charge in [0.1, 0.15) is 0 Å². The van der Waals surface area contributed by atoms with Gasteiger partial charge in [-0.2, -0.15) is 0 Å². The van der Waals surface area contributed by atoms with E-state index < -0.39 is 0 Å². The van der Waals surface area contributed by atoms with Crippen LogP contribution in [0.25, 0.3) is 0 Å². The Hall–Kier alpha value is -1.26. The van der Waals surface area contributed by atoms with Crippen molar-refractivity contribution < 1.29 is 4.79 Å². The minimum absolute atomic E-state index is 0.317. The fourth-order valence-electron chi connectivity index (χ4n) is 0.778. The van der Waals surface area contributed by atoms with Crippen molar-refractivity contribution in [2.45, 2.75) is 6.17 Å². The van der Waals surface area contributed by atoms with Crippen LogP contribution >= 0.6 is 0 Å². The van der Waals surface area contributed by atoms with E-state index in [1.807, 2.05) is 0 Å². The van der Waals surface area contributed by atoms with Crippen LogP contribution in [-0.2, 0) is 4.79 Å². The number of carbonyl (C=O) groups is 1. The van der Waals surface area contributed by atoms with E-state index >= 15 is 0 Å². The first kappa shape index (κ1) is 6.85. The molecule has 0 amide bonds. The first-order chi connectivity index (χ1) is 4.79. The lowest BCUT2D eigenvalue weighted by molar-refractivity contribution is -0.111. The van der Waals surface area contributed by atoms with Crippen LogP contribution in [0, 0.1) is 0 Å². The van der Waals surface area contributed by atoms with Crippen LogP contribution in [0.4, 0.5) is 0 Å². The summed E-state index contributed by atoms with van der Waals surface area (Å²) in [6.45, 7) is 0. The summed E-state index contributed by atoms with van der Waals surface area (Å²) in [5, 5.41) is 6.67. The molecular weight excluding hydrogens is 132 g/mol. The predicted molar refractivity (Wildman–Crippen MR) is 37.2 cm³/mol. The van der Waals surface area contributed by atoms with Gasteiger partial charge in [0.15, 0.2) is 12.5 Å². The highest BCUT2D eigenvalue weighted by atomic mass is 16.1. The molecule has 0 aliphatic carbocycles. The maximum atomic E-state index is 10.3. The molecule has 1 aliphatic heterocycles. The molecule has 1 aliphatic rings. The van der Waals surface area contributed by atoms with Gasteiger partial charge in [0.25, 0.3) is 0 Å². The second kappa shape index (κ2) is 2.55. The third-order valence-corrected chi connectivity index (χ3v) is 1.41. The quantitative estimate of drug-likeness (QED) is 0.439. The Morgan fingerprint density at radius 3 is 2.90 bits per heavy atom. The van der Waals surface area contributed by atoms with Crippen LogP contribution in [0.1, 0.15) is 0 Å². The number of aldehydes is 1. The van der Waals surface area contributed by atoms with Crippen LogP contribution < -0.4 is 10.7 Å². The highest BCUT2D eigenvalue weighted by Gasteiger charge is 2.21. The zero-order valence-electron chi connectivity index (χ0n) is 5.96. The van der Waals surface area contributed by atoms with Gasteiger partial charge in [-0.1, -0.05) is 0 Å². The molecule has 5 nitrogen and oxygen atoms in total. The molecule has 0 saturated carbocycles. The molecule has 0 aromatic heterocycles. The minimum atomic E-state index is -0.317. The van der Waals surface area contributed by atoms with Gasteiger partial charge in [-0.15, -0.1) is 5.10 Å². The molecule has 0 fully saturated rings. The maximum absolute atomic E-state index is 10.3. The molecular formula is C5H10N4O. The molecule has 1 heterocycles. The molecule has 0 aromatic rings. The Balaban J connectivity index is 2.59. The Kier molecular flexibility index (Phi) is 1.75. The second-order valence-electron chi connectivity index (χ2n) is 2.01. The third-order valence-electron chi connectivity index (χ3n) is 1.41. The minimum Gasteiger partial charge on any atom is -0.358 e. The highest BCUT2D eigenvalue weighted by molar-refractivity contribution is 5.84. The zero-order valence-corrected chi connectivity index (χ0v) is 5.96. The number of nitrogens with zero attached hydrogens (tertiary/aromatic N) is 2. The third kappa shape index (κ3) is 0.896. The Bertz CT molecular complexity index is 167. The summed E-state index contributed by atoms with van der Waals surface area (Å²) in [5.41, 5.74) is 2.64. The van der Waals surface area contributed by atoms with Crippen LogP contribution in [0.3, 0.4) is 0 Å². The SMILES string of the molecule is CNC1=NNC(C=O)N1C. The number of nitrogens with one attached hydrogen (secondary N) is 2. The van der Waals surface area contributed by atoms with Crippen molar-refractivity contribution in [1.29, 1.82) is 0 Å². The van der Waals surface area contributed by atoms with E-state index in [2.05, 4.69) is 15.8 Å². The summed E-state index contributed by atoms with van der Waals surface area (Å²) >= 11 is 0. The van der Waals surface area contributed by atoms with Gasteiger partial charge in [-0.3, -0.25) is 10.2 Å². The van der Waals surface area contributed by atoms with E-state index in [4.69, 9.17) is 0 Å². The second-order valence-corrected chi connectivity index (χ2v) is 2.01. The van der Waals surface area contributed by atoms with Gasteiger partial charge < -0.3 is 10.2 Å². The summed E-state index contributed by atoms with van der Waals surface area (Å²) in [6, 6.07) is 0. The van der Waals surface area contributed by atoms with Crippen molar-refractivity contribution in [3.8, 4) is 0 Å². The van der Waals surface area contributed by atoms with Crippen molar-refractivity contribution in [3.05, 3.63) is 0 Å². The Morgan fingerprint density at radius 1 is 1.90 bits per heavy atom. The highest BCUT2D eigenvalue weighted by Crippen LogP contribution is 1.96. The molecule has 0 radical (unpaired) electrons. The summed E-state index contributed by atoms with van der Waals surface area (Å²) in [7, 11) is 3.54. The molecule has 56 valence electrons. The average molecular weight is 142 g/mol. The fraction of sp³-hybridized carbons (Fsp3) is 0.600. The van der Waals surface area contributed by atoms with Crippen molar-refractivity contribution in [3.63, 3.8) is 0 Å². The van der Waals surface area contributed by atoms with Crippen molar-refractivity contribution >= 4 is 12.2 Å². The van der Waals surface area contributed by atoms with Gasteiger partial charge in [-0.25, -0.2) is 0 Å². The first-order valence-electron chi connectivity index (χ1n) is 2.98. The Morgan fingerprint density at radius 2 is 2.60 bits per heavy atom. The van der Waals surface area contributed by atoms with Crippen molar-refractivity contribution in [1.82, 2.24) is 15.6 Å². The van der Waals surface area contributed by atoms with E-state index in [0.717, 1.165) is 6.29 Å². The van der Waals surface area contributed by atoms with E-state index in [1.165, 1.54) is 0 Å². The topological polar surface area (TPSA) is 56.7 Å². The lowest BCUT2D eigenvalue weighted by atomic mass is 10.5. The lowest BCUT2D eigenvalue weighted by Crippen LogP contribution is -2.42. The van der Waals surface area contributed by atoms with Crippen LogP contribution in [0.15, 0.2) is 5.10 Å². The van der Waals surface area contributed by atoms with Crippen LogP contribution in [0.5, 0.6) is 0 Å². The first-order valence-corrected chi connectivity index (χ1v) is 2.98. The normalized spacial score (nSPS) is 23.6. The summed E-state index contributed by atoms with van der Waals surface area (Å²) in [6.07, 6.45) is 0.482. The van der Waals surface area contributed by atoms with Gasteiger partial charge in [0.05, 0.1) is 0 Å². The monoisotopic (exact) mass is 142 g/mol. The van der Waals surface area contributed by atoms with E-state index in [1.54, 1.807) is 19.0 Å². The molecule has 1 unspecified atom stereocenters. The molecule has 0 bridgehead atoms. The van der Waals surface area contributed by atoms with E-state index in [-0.39, 0.29) is 6.17 Å². The number of likely N-dealkylation sites (N-methyl/N-ethyl adjacent to an activating group) is 1. The van der Waals surface area contributed by atoms with E-state index in [0.29, 0.717) is 5.96 Å². The summed E-state index contributed by atoms with van der Waals surface area (Å²) in [4.78, 5) is 12.0. The molecule has 0 spiro atoms. The molecule has 0 aromatic carbocycles. The van der Waals surface area contributed by atoms with Gasteiger partial charge in [0.2, 0.25) is 5.96 Å². The van der Waals surface area contributed by atoms with Gasteiger partial charge >= 0.3 is 0 Å². The van der Waals surface area contributed by atoms with Crippen LogP contribution in [-0.4, -0.2) is 37.4 Å². The van der Waals surface area contributed by atoms with Crippen molar-refractivity contribution in [2.75, 3.05) is 14.1 Å². The largest absolute Gasteiger partial charge is 0.358 e. The summed E-state index contributed by atoms with van der Waals surface area (Å²) < 4.78 is 0. The summed E-state index contributed by atoms with van der Waals surface area (Å²) in [5.74, 6) is 0.678. The Labute approximate surface area is 59.1 Å². The average Bonchev–Trinajstić information content (AvgIpc) is 2.30. The maximum Gasteiger partial charge on any atom is 0.217 e. The molecule has 0 saturated heterocycles.